The third kappa shape index (κ3) is 7.36. The lowest BCUT2D eigenvalue weighted by atomic mass is 9.79. The number of carbonyl (C=O) groups excluding carboxylic acids is 4. The molecule has 0 radical (unpaired) electrons. The molecule has 3 aliphatic carbocycles. The number of ether oxygens (including phenoxy) is 1. The number of carboxylic acid groups (broad SMARTS) is 1. The number of amides is 2. The number of pyridine rings is 1. The first-order valence-corrected chi connectivity index (χ1v) is 16.4. The van der Waals surface area contributed by atoms with E-state index in [2.05, 4.69) is 15.6 Å². The van der Waals surface area contributed by atoms with Crippen molar-refractivity contribution in [2.75, 3.05) is 0 Å². The highest BCUT2D eigenvalue weighted by Gasteiger charge is 2.54. The predicted molar refractivity (Wildman–Crippen MR) is 167 cm³/mol. The Hall–Kier alpha value is -3.82. The molecule has 0 aliphatic heterocycles. The fourth-order valence-corrected chi connectivity index (χ4v) is 7.33. The minimum Gasteiger partial charge on any atom is -0.488 e. The van der Waals surface area contributed by atoms with E-state index in [1.54, 1.807) is 12.4 Å². The maximum Gasteiger partial charge on any atom is 0.310 e. The van der Waals surface area contributed by atoms with Gasteiger partial charge in [-0.15, -0.1) is 0 Å². The van der Waals surface area contributed by atoms with E-state index in [-0.39, 0.29) is 54.5 Å². The zero-order valence-electron chi connectivity index (χ0n) is 26.4. The Morgan fingerprint density at radius 1 is 0.978 bits per heavy atom. The van der Waals surface area contributed by atoms with Gasteiger partial charge in [0.1, 0.15) is 23.7 Å². The van der Waals surface area contributed by atoms with E-state index in [1.165, 1.54) is 6.92 Å². The fourth-order valence-electron chi connectivity index (χ4n) is 7.33. The van der Waals surface area contributed by atoms with Crippen molar-refractivity contribution in [2.24, 2.45) is 29.1 Å². The minimum atomic E-state index is -1.06. The highest BCUT2D eigenvalue weighted by atomic mass is 16.5. The molecule has 1 aromatic heterocycles. The second kappa shape index (κ2) is 13.7. The summed E-state index contributed by atoms with van der Waals surface area (Å²) in [5.74, 6) is -3.39. The predicted octanol–water partition coefficient (Wildman–Crippen LogP) is 4.63. The largest absolute Gasteiger partial charge is 0.488 e. The van der Waals surface area contributed by atoms with E-state index in [0.717, 1.165) is 42.9 Å². The average molecular weight is 620 g/mol. The highest BCUT2D eigenvalue weighted by molar-refractivity contribution is 5.98. The van der Waals surface area contributed by atoms with Gasteiger partial charge in [-0.1, -0.05) is 57.4 Å². The van der Waals surface area contributed by atoms with E-state index in [1.807, 2.05) is 38.1 Å². The maximum absolute atomic E-state index is 14.3. The number of carboxylic acids is 1. The average Bonchev–Trinajstić information content (AvgIpc) is 3.68. The van der Waals surface area contributed by atoms with Crippen LogP contribution in [-0.4, -0.2) is 57.6 Å². The number of aromatic nitrogens is 1. The molecule has 10 heteroatoms. The number of ketones is 2. The SMILES string of the molecule is CC(=O)N[C@H](C(=O)N[C@H](C(=O)C1C[C@H](Oc2cncc3ccccc23)C[C@H]1C(=O)CC1(C(=O)O)CC1)C(C)C)C1CCCCC1. The zero-order chi connectivity index (χ0) is 32.3. The van der Waals surface area contributed by atoms with Crippen LogP contribution in [0.15, 0.2) is 36.7 Å². The zero-order valence-corrected chi connectivity index (χ0v) is 26.4. The van der Waals surface area contributed by atoms with Crippen molar-refractivity contribution in [3.63, 3.8) is 0 Å². The summed E-state index contributed by atoms with van der Waals surface area (Å²) >= 11 is 0. The van der Waals surface area contributed by atoms with Gasteiger partial charge in [0.05, 0.1) is 17.7 Å². The van der Waals surface area contributed by atoms with Crippen LogP contribution >= 0.6 is 0 Å². The quantitative estimate of drug-likeness (QED) is 0.294. The van der Waals surface area contributed by atoms with Crippen LogP contribution in [0.1, 0.15) is 85.0 Å². The van der Waals surface area contributed by atoms with E-state index >= 15 is 0 Å². The molecule has 1 unspecified atom stereocenters. The maximum atomic E-state index is 14.3. The van der Waals surface area contributed by atoms with Gasteiger partial charge < -0.3 is 20.5 Å². The number of aliphatic carboxylic acids is 1. The molecule has 1 heterocycles. The molecular formula is C35H45N3O7. The van der Waals surface area contributed by atoms with Crippen molar-refractivity contribution in [3.05, 3.63) is 36.7 Å². The molecule has 0 saturated heterocycles. The number of rotatable bonds is 13. The Balaban J connectivity index is 1.38. The van der Waals surface area contributed by atoms with Crippen LogP contribution in [0.25, 0.3) is 10.8 Å². The first-order chi connectivity index (χ1) is 21.5. The molecule has 5 rings (SSSR count). The Kier molecular flexibility index (Phi) is 9.89. The summed E-state index contributed by atoms with van der Waals surface area (Å²) in [5.41, 5.74) is -1.06. The standard InChI is InChI=1S/C35H45N3O7/c1-20(2)30(38-33(42)31(37-21(3)39)22-9-5-4-6-10-22)32(41)27-16-24(15-26(27)28(40)17-35(13-14-35)34(43)44)45-29-19-36-18-23-11-7-8-12-25(23)29/h7-8,11-12,18-20,22,24,26-27,30-31H,4-6,9-10,13-17H2,1-3H3,(H,37,39)(H,38,42)(H,43,44)/t24-,26-,27?,30+,31+/m1/s1. The number of hydrogen-bond donors (Lipinski definition) is 3. The number of hydrogen-bond acceptors (Lipinski definition) is 7. The Morgan fingerprint density at radius 3 is 2.31 bits per heavy atom. The molecule has 45 heavy (non-hydrogen) atoms. The van der Waals surface area contributed by atoms with Gasteiger partial charge in [0.25, 0.3) is 0 Å². The summed E-state index contributed by atoms with van der Waals surface area (Å²) in [5, 5.41) is 17.3. The molecule has 3 aliphatic rings. The molecule has 242 valence electrons. The van der Waals surface area contributed by atoms with Crippen molar-refractivity contribution in [1.29, 1.82) is 0 Å². The fraction of sp³-hybridized carbons (Fsp3) is 0.600. The van der Waals surface area contributed by atoms with Crippen molar-refractivity contribution in [2.45, 2.75) is 103 Å². The topological polar surface area (TPSA) is 152 Å². The van der Waals surface area contributed by atoms with E-state index < -0.39 is 41.4 Å². The monoisotopic (exact) mass is 619 g/mol. The summed E-state index contributed by atoms with van der Waals surface area (Å²) in [6, 6.07) is 6.05. The second-order valence-electron chi connectivity index (χ2n) is 13.7. The minimum absolute atomic E-state index is 0.00999. The van der Waals surface area contributed by atoms with Crippen LogP contribution in [0.5, 0.6) is 5.75 Å². The summed E-state index contributed by atoms with van der Waals surface area (Å²) in [6.07, 6.45) is 8.90. The number of benzene rings is 1. The summed E-state index contributed by atoms with van der Waals surface area (Å²) < 4.78 is 6.41. The Bertz CT molecular complexity index is 1440. The number of nitrogens with one attached hydrogen (secondary N) is 2. The Labute approximate surface area is 264 Å². The lowest BCUT2D eigenvalue weighted by Gasteiger charge is -2.32. The molecule has 3 fully saturated rings. The number of nitrogens with zero attached hydrogens (tertiary/aromatic N) is 1. The van der Waals surface area contributed by atoms with Gasteiger partial charge in [-0.3, -0.25) is 29.0 Å². The van der Waals surface area contributed by atoms with Crippen LogP contribution in [-0.2, 0) is 24.0 Å². The molecule has 10 nitrogen and oxygen atoms in total. The first kappa shape index (κ1) is 32.6. The van der Waals surface area contributed by atoms with Crippen LogP contribution in [0.2, 0.25) is 0 Å². The van der Waals surface area contributed by atoms with Gasteiger partial charge in [-0.05, 0) is 50.4 Å². The number of carbonyl (C=O) groups is 5. The number of fused-ring (bicyclic) bond motifs is 1. The molecule has 5 atom stereocenters. The van der Waals surface area contributed by atoms with Gasteiger partial charge in [0, 0.05) is 42.1 Å². The highest BCUT2D eigenvalue weighted by Crippen LogP contribution is 2.51. The summed E-state index contributed by atoms with van der Waals surface area (Å²) in [4.78, 5) is 70.1. The third-order valence-corrected chi connectivity index (χ3v) is 10.1. The van der Waals surface area contributed by atoms with E-state index in [0.29, 0.717) is 18.6 Å². The molecule has 0 spiro atoms. The molecular weight excluding hydrogens is 574 g/mol. The smallest absolute Gasteiger partial charge is 0.310 e. The van der Waals surface area contributed by atoms with Gasteiger partial charge in [-0.2, -0.15) is 0 Å². The number of Topliss-reactive ketones (excluding diaryl/α,β-unsaturated/α-hetero) is 2. The van der Waals surface area contributed by atoms with Gasteiger partial charge in [-0.25, -0.2) is 0 Å². The first-order valence-electron chi connectivity index (χ1n) is 16.4. The molecule has 3 saturated carbocycles. The van der Waals surface area contributed by atoms with Crippen LogP contribution in [0, 0.1) is 29.1 Å². The summed E-state index contributed by atoms with van der Waals surface area (Å²) in [6.45, 7) is 5.09. The lowest BCUT2D eigenvalue weighted by molar-refractivity contribution is -0.146. The van der Waals surface area contributed by atoms with Crippen LogP contribution in [0.3, 0.4) is 0 Å². The van der Waals surface area contributed by atoms with Crippen LogP contribution < -0.4 is 15.4 Å². The molecule has 0 bridgehead atoms. The Morgan fingerprint density at radius 2 is 1.67 bits per heavy atom. The van der Waals surface area contributed by atoms with Gasteiger partial charge in [0.15, 0.2) is 5.78 Å². The molecule has 1 aromatic carbocycles. The van der Waals surface area contributed by atoms with Crippen molar-refractivity contribution < 1.29 is 33.8 Å². The van der Waals surface area contributed by atoms with E-state index in [9.17, 15) is 29.1 Å². The lowest BCUT2D eigenvalue weighted by Crippen LogP contribution is -2.56. The molecule has 2 amide bonds. The molecule has 3 N–H and O–H groups in total. The molecule has 2 aromatic rings. The van der Waals surface area contributed by atoms with Gasteiger partial charge >= 0.3 is 5.97 Å². The van der Waals surface area contributed by atoms with E-state index in [4.69, 9.17) is 4.74 Å². The van der Waals surface area contributed by atoms with Crippen LogP contribution in [0.4, 0.5) is 0 Å². The van der Waals surface area contributed by atoms with Crippen molar-refractivity contribution >= 4 is 40.1 Å². The summed E-state index contributed by atoms with van der Waals surface area (Å²) in [7, 11) is 0. The normalized spacial score (nSPS) is 24.0. The third-order valence-electron chi connectivity index (χ3n) is 10.1. The van der Waals surface area contributed by atoms with Gasteiger partial charge in [0.2, 0.25) is 11.8 Å². The van der Waals surface area contributed by atoms with Crippen molar-refractivity contribution in [1.82, 2.24) is 15.6 Å². The second-order valence-corrected chi connectivity index (χ2v) is 13.7. The van der Waals surface area contributed by atoms with Crippen molar-refractivity contribution in [3.8, 4) is 5.75 Å².